The number of oxazole rings is 1. The van der Waals surface area contributed by atoms with Gasteiger partial charge in [-0.15, -0.1) is 0 Å². The van der Waals surface area contributed by atoms with Crippen LogP contribution in [0.3, 0.4) is 0 Å². The lowest BCUT2D eigenvalue weighted by molar-refractivity contribution is 0.478. The van der Waals surface area contributed by atoms with E-state index in [4.69, 9.17) is 8.83 Å². The fraction of sp³-hybridized carbons (Fsp3) is 0.133. The quantitative estimate of drug-likeness (QED) is 0.780. The fourth-order valence-corrected chi connectivity index (χ4v) is 1.91. The van der Waals surface area contributed by atoms with E-state index in [1.165, 1.54) is 6.07 Å². The summed E-state index contributed by atoms with van der Waals surface area (Å²) < 4.78 is 24.4. The summed E-state index contributed by atoms with van der Waals surface area (Å²) in [6.07, 6.45) is 3.22. The molecule has 0 amide bonds. The Morgan fingerprint density at radius 2 is 2.20 bits per heavy atom. The normalized spacial score (nSPS) is 10.7. The smallest absolute Gasteiger partial charge is 0.213 e. The van der Waals surface area contributed by atoms with E-state index in [-0.39, 0.29) is 5.82 Å². The van der Waals surface area contributed by atoms with Gasteiger partial charge in [0.15, 0.2) is 0 Å². The van der Waals surface area contributed by atoms with E-state index in [0.29, 0.717) is 23.9 Å². The van der Waals surface area contributed by atoms with Crippen LogP contribution in [0.4, 0.5) is 10.1 Å². The number of nitrogens with zero attached hydrogens (tertiary/aromatic N) is 1. The lowest BCUT2D eigenvalue weighted by Crippen LogP contribution is -2.01. The number of aryl methyl sites for hydroxylation is 1. The van der Waals surface area contributed by atoms with Crippen molar-refractivity contribution in [3.05, 3.63) is 60.3 Å². The van der Waals surface area contributed by atoms with Crippen LogP contribution in [0.15, 0.2) is 51.6 Å². The topological polar surface area (TPSA) is 51.2 Å². The van der Waals surface area contributed by atoms with Gasteiger partial charge in [-0.05, 0) is 37.3 Å². The Kier molecular flexibility index (Phi) is 3.25. The molecule has 0 fully saturated rings. The molecular weight excluding hydrogens is 259 g/mol. The molecule has 5 heteroatoms. The molecule has 0 unspecified atom stereocenters. The molecule has 0 aliphatic rings. The van der Waals surface area contributed by atoms with Gasteiger partial charge in [0, 0.05) is 5.56 Å². The number of nitrogens with one attached hydrogen (secondary N) is 1. The maximum Gasteiger partial charge on any atom is 0.213 e. The average Bonchev–Trinajstić information content (AvgIpc) is 3.09. The van der Waals surface area contributed by atoms with E-state index in [0.717, 1.165) is 11.3 Å². The van der Waals surface area contributed by atoms with Crippen molar-refractivity contribution < 1.29 is 13.2 Å². The highest BCUT2D eigenvalue weighted by molar-refractivity contribution is 5.64. The Morgan fingerprint density at radius 1 is 1.30 bits per heavy atom. The highest BCUT2D eigenvalue weighted by atomic mass is 19.1. The third-order valence-corrected chi connectivity index (χ3v) is 2.87. The van der Waals surface area contributed by atoms with E-state index in [2.05, 4.69) is 10.3 Å². The van der Waals surface area contributed by atoms with E-state index in [1.54, 1.807) is 30.7 Å². The lowest BCUT2D eigenvalue weighted by Gasteiger charge is -2.07. The molecule has 0 spiro atoms. The summed E-state index contributed by atoms with van der Waals surface area (Å²) in [5, 5.41) is 2.97. The predicted octanol–water partition coefficient (Wildman–Crippen LogP) is 3.99. The summed E-state index contributed by atoms with van der Waals surface area (Å²) in [5.41, 5.74) is 1.19. The molecule has 0 aliphatic heterocycles. The summed E-state index contributed by atoms with van der Waals surface area (Å²) in [7, 11) is 0. The Morgan fingerprint density at radius 3 is 2.90 bits per heavy atom. The van der Waals surface area contributed by atoms with Gasteiger partial charge >= 0.3 is 0 Å². The zero-order valence-electron chi connectivity index (χ0n) is 10.9. The van der Waals surface area contributed by atoms with Crippen molar-refractivity contribution in [1.82, 2.24) is 4.98 Å². The van der Waals surface area contributed by atoms with Crippen molar-refractivity contribution in [3.63, 3.8) is 0 Å². The van der Waals surface area contributed by atoms with Gasteiger partial charge < -0.3 is 14.2 Å². The number of benzene rings is 1. The van der Waals surface area contributed by atoms with Crippen LogP contribution < -0.4 is 5.32 Å². The van der Waals surface area contributed by atoms with Crippen LogP contribution in [0.25, 0.3) is 11.3 Å². The second-order valence-corrected chi connectivity index (χ2v) is 4.39. The number of hydrogen-bond acceptors (Lipinski definition) is 4. The summed E-state index contributed by atoms with van der Waals surface area (Å²) in [4.78, 5) is 4.06. The molecule has 0 bridgehead atoms. The van der Waals surface area contributed by atoms with Gasteiger partial charge in [0.2, 0.25) is 5.89 Å². The first-order valence-corrected chi connectivity index (χ1v) is 6.21. The van der Waals surface area contributed by atoms with Crippen LogP contribution in [0, 0.1) is 12.7 Å². The van der Waals surface area contributed by atoms with Gasteiger partial charge in [0.25, 0.3) is 0 Å². The molecule has 4 nitrogen and oxygen atoms in total. The number of rotatable bonds is 4. The molecule has 0 saturated carbocycles. The van der Waals surface area contributed by atoms with Crippen LogP contribution >= 0.6 is 0 Å². The summed E-state index contributed by atoms with van der Waals surface area (Å²) in [6, 6.07) is 8.40. The summed E-state index contributed by atoms with van der Waals surface area (Å²) >= 11 is 0. The first-order chi connectivity index (χ1) is 9.72. The van der Waals surface area contributed by atoms with Crippen LogP contribution in [0.5, 0.6) is 0 Å². The number of hydrogen-bond donors (Lipinski definition) is 1. The predicted molar refractivity (Wildman–Crippen MR) is 72.7 cm³/mol. The molecule has 1 aromatic carbocycles. The molecule has 0 aliphatic carbocycles. The van der Waals surface area contributed by atoms with E-state index >= 15 is 0 Å². The number of furan rings is 1. The Bertz CT molecular complexity index is 704. The van der Waals surface area contributed by atoms with E-state index in [9.17, 15) is 4.39 Å². The van der Waals surface area contributed by atoms with Gasteiger partial charge in [0.1, 0.15) is 17.3 Å². The van der Waals surface area contributed by atoms with E-state index in [1.807, 2.05) is 13.0 Å². The lowest BCUT2D eigenvalue weighted by atomic mass is 10.1. The minimum absolute atomic E-state index is 0.326. The van der Waals surface area contributed by atoms with Crippen LogP contribution in [-0.4, -0.2) is 4.98 Å². The molecular formula is C15H13FN2O2. The number of aromatic nitrogens is 1. The minimum atomic E-state index is -0.330. The number of anilines is 1. The van der Waals surface area contributed by atoms with Crippen molar-refractivity contribution in [1.29, 1.82) is 0 Å². The second-order valence-electron chi connectivity index (χ2n) is 4.39. The van der Waals surface area contributed by atoms with Crippen molar-refractivity contribution in [2.45, 2.75) is 13.5 Å². The summed E-state index contributed by atoms with van der Waals surface area (Å²) in [6.45, 7) is 2.14. The minimum Gasteiger partial charge on any atom is -0.464 e. The van der Waals surface area contributed by atoms with Crippen LogP contribution in [0.1, 0.15) is 11.7 Å². The molecule has 0 atom stereocenters. The molecule has 1 N–H and O–H groups in total. The zero-order valence-corrected chi connectivity index (χ0v) is 10.9. The Hall–Kier alpha value is -2.56. The fourth-order valence-electron chi connectivity index (χ4n) is 1.91. The third-order valence-electron chi connectivity index (χ3n) is 2.87. The molecule has 0 radical (unpaired) electrons. The molecule has 2 heterocycles. The van der Waals surface area contributed by atoms with Gasteiger partial charge in [-0.1, -0.05) is 0 Å². The second kappa shape index (κ2) is 5.21. The van der Waals surface area contributed by atoms with Crippen molar-refractivity contribution >= 4 is 5.69 Å². The first-order valence-electron chi connectivity index (χ1n) is 6.21. The third kappa shape index (κ3) is 2.56. The van der Waals surface area contributed by atoms with Gasteiger partial charge in [0.05, 0.1) is 24.7 Å². The van der Waals surface area contributed by atoms with Gasteiger partial charge in [-0.2, -0.15) is 0 Å². The molecule has 0 saturated heterocycles. The largest absolute Gasteiger partial charge is 0.464 e. The molecule has 2 aromatic heterocycles. The van der Waals surface area contributed by atoms with E-state index < -0.39 is 0 Å². The molecule has 20 heavy (non-hydrogen) atoms. The highest BCUT2D eigenvalue weighted by Gasteiger charge is 2.08. The number of halogens is 1. The maximum atomic E-state index is 13.8. The monoisotopic (exact) mass is 272 g/mol. The zero-order chi connectivity index (χ0) is 13.9. The Labute approximate surface area is 115 Å². The average molecular weight is 272 g/mol. The highest BCUT2D eigenvalue weighted by Crippen LogP contribution is 2.25. The van der Waals surface area contributed by atoms with Gasteiger partial charge in [-0.3, -0.25) is 0 Å². The standard InChI is InChI=1S/C15H13FN2O2/c1-10-8-18-15(20-10)9-17-13-7-11(4-5-12(13)16)14-3-2-6-19-14/h2-8,17H,9H2,1H3. The van der Waals surface area contributed by atoms with Crippen LogP contribution in [-0.2, 0) is 6.54 Å². The Balaban J connectivity index is 1.80. The van der Waals surface area contributed by atoms with Crippen molar-refractivity contribution in [2.24, 2.45) is 0 Å². The molecule has 102 valence electrons. The van der Waals surface area contributed by atoms with Crippen molar-refractivity contribution in [2.75, 3.05) is 5.32 Å². The van der Waals surface area contributed by atoms with Gasteiger partial charge in [-0.25, -0.2) is 9.37 Å². The summed E-state index contributed by atoms with van der Waals surface area (Å²) in [5.74, 6) is 1.61. The first kappa shape index (κ1) is 12.5. The SMILES string of the molecule is Cc1cnc(CNc2cc(-c3ccco3)ccc2F)o1. The molecule has 3 aromatic rings. The van der Waals surface area contributed by atoms with Crippen LogP contribution in [0.2, 0.25) is 0 Å². The maximum absolute atomic E-state index is 13.8. The van der Waals surface area contributed by atoms with Crippen molar-refractivity contribution in [3.8, 4) is 11.3 Å². The molecule has 3 rings (SSSR count).